The van der Waals surface area contributed by atoms with E-state index >= 15 is 0 Å². The first-order valence-corrected chi connectivity index (χ1v) is 8.88. The molecule has 0 spiro atoms. The number of amides is 1. The summed E-state index contributed by atoms with van der Waals surface area (Å²) >= 11 is 5.78. The molecule has 1 amide bonds. The zero-order chi connectivity index (χ0) is 22.6. The molecule has 3 aromatic rings. The highest BCUT2D eigenvalue weighted by atomic mass is 35.5. The maximum atomic E-state index is 13.4. The number of benzene rings is 2. The van der Waals surface area contributed by atoms with Crippen LogP contribution in [0.15, 0.2) is 52.7 Å². The monoisotopic (exact) mass is 451 g/mol. The number of aromatic nitrogens is 2. The van der Waals surface area contributed by atoms with Crippen molar-refractivity contribution in [3.8, 4) is 17.1 Å². The van der Waals surface area contributed by atoms with Crippen molar-refractivity contribution >= 4 is 29.4 Å². The third-order valence-electron chi connectivity index (χ3n) is 4.00. The topological polar surface area (TPSA) is 109 Å². The SMILES string of the molecule is COc1ccc(/C=N/NC(=O)c2[nH]c(-c3ccc(Cl)cc3)nc2C(F)(F)F)cc1N=O. The molecule has 2 N–H and O–H groups in total. The van der Waals surface area contributed by atoms with Gasteiger partial charge in [-0.3, -0.25) is 4.79 Å². The third kappa shape index (κ3) is 5.07. The molecule has 0 unspecified atom stereocenters. The van der Waals surface area contributed by atoms with Gasteiger partial charge in [0.05, 0.1) is 13.3 Å². The third-order valence-corrected chi connectivity index (χ3v) is 4.25. The highest BCUT2D eigenvalue weighted by molar-refractivity contribution is 6.30. The number of hydrogen-bond acceptors (Lipinski definition) is 6. The predicted molar refractivity (Wildman–Crippen MR) is 108 cm³/mol. The first-order valence-electron chi connectivity index (χ1n) is 8.51. The van der Waals surface area contributed by atoms with E-state index in [0.29, 0.717) is 16.1 Å². The van der Waals surface area contributed by atoms with E-state index in [4.69, 9.17) is 16.3 Å². The number of rotatable bonds is 6. The van der Waals surface area contributed by atoms with E-state index in [2.05, 4.69) is 20.2 Å². The zero-order valence-electron chi connectivity index (χ0n) is 15.7. The fraction of sp³-hybridized carbons (Fsp3) is 0.105. The van der Waals surface area contributed by atoms with Crippen molar-refractivity contribution in [1.29, 1.82) is 0 Å². The number of alkyl halides is 3. The number of ether oxygens (including phenoxy) is 1. The van der Waals surface area contributed by atoms with Gasteiger partial charge < -0.3 is 9.72 Å². The number of methoxy groups -OCH3 is 1. The Bertz CT molecular complexity index is 1140. The second-order valence-corrected chi connectivity index (χ2v) is 6.47. The molecule has 0 aliphatic heterocycles. The van der Waals surface area contributed by atoms with Gasteiger partial charge in [0, 0.05) is 10.6 Å². The van der Waals surface area contributed by atoms with Crippen LogP contribution in [0.4, 0.5) is 18.9 Å². The van der Waals surface area contributed by atoms with Crippen LogP contribution in [-0.2, 0) is 6.18 Å². The largest absolute Gasteiger partial charge is 0.494 e. The summed E-state index contributed by atoms with van der Waals surface area (Å²) in [5.74, 6) is -1.08. The molecule has 3 rings (SSSR count). The minimum Gasteiger partial charge on any atom is -0.494 e. The number of H-pyrrole nitrogens is 1. The lowest BCUT2D eigenvalue weighted by atomic mass is 10.2. The Labute approximate surface area is 178 Å². The Kier molecular flexibility index (Phi) is 6.35. The van der Waals surface area contributed by atoms with Gasteiger partial charge in [-0.1, -0.05) is 11.6 Å². The van der Waals surface area contributed by atoms with Crippen LogP contribution in [0.5, 0.6) is 5.75 Å². The van der Waals surface area contributed by atoms with Crippen LogP contribution in [-0.4, -0.2) is 29.2 Å². The molecule has 0 saturated carbocycles. The normalized spacial score (nSPS) is 11.5. The number of nitrogens with zero attached hydrogens (tertiary/aromatic N) is 3. The summed E-state index contributed by atoms with van der Waals surface area (Å²) in [6.45, 7) is 0. The first-order chi connectivity index (χ1) is 14.7. The van der Waals surface area contributed by atoms with Gasteiger partial charge in [-0.15, -0.1) is 4.91 Å². The fourth-order valence-electron chi connectivity index (χ4n) is 2.57. The molecule has 0 saturated heterocycles. The van der Waals surface area contributed by atoms with Crippen LogP contribution in [0, 0.1) is 4.91 Å². The van der Waals surface area contributed by atoms with E-state index in [9.17, 15) is 22.9 Å². The number of nitrogens with one attached hydrogen (secondary N) is 2. The summed E-state index contributed by atoms with van der Waals surface area (Å²) in [6, 6.07) is 10.2. The van der Waals surface area contributed by atoms with Crippen molar-refractivity contribution in [2.24, 2.45) is 10.3 Å². The van der Waals surface area contributed by atoms with Crippen LogP contribution in [0.1, 0.15) is 21.7 Å². The zero-order valence-corrected chi connectivity index (χ0v) is 16.5. The van der Waals surface area contributed by atoms with Crippen LogP contribution in [0.3, 0.4) is 0 Å². The molecule has 0 aliphatic carbocycles. The van der Waals surface area contributed by atoms with E-state index in [-0.39, 0.29) is 17.3 Å². The molecule has 8 nitrogen and oxygen atoms in total. The van der Waals surface area contributed by atoms with E-state index in [1.165, 1.54) is 49.6 Å². The summed E-state index contributed by atoms with van der Waals surface area (Å²) in [4.78, 5) is 29.0. The number of aromatic amines is 1. The van der Waals surface area contributed by atoms with E-state index in [0.717, 1.165) is 6.21 Å². The number of imidazole rings is 1. The molecule has 0 bridgehead atoms. The summed E-state index contributed by atoms with van der Waals surface area (Å²) in [5.41, 5.74) is 0.473. The lowest BCUT2D eigenvalue weighted by molar-refractivity contribution is -0.141. The van der Waals surface area contributed by atoms with Gasteiger partial charge in [0.2, 0.25) is 0 Å². The highest BCUT2D eigenvalue weighted by Gasteiger charge is 2.39. The molecular weight excluding hydrogens is 439 g/mol. The Morgan fingerprint density at radius 1 is 1.23 bits per heavy atom. The summed E-state index contributed by atoms with van der Waals surface area (Å²) in [7, 11) is 1.36. The number of nitroso groups, excluding NO2 is 1. The summed E-state index contributed by atoms with van der Waals surface area (Å²) < 4.78 is 45.1. The Balaban J connectivity index is 1.84. The van der Waals surface area contributed by atoms with E-state index in [1.807, 2.05) is 5.43 Å². The molecule has 12 heteroatoms. The van der Waals surface area contributed by atoms with Crippen LogP contribution in [0.2, 0.25) is 5.02 Å². The van der Waals surface area contributed by atoms with Crippen molar-refractivity contribution in [3.63, 3.8) is 0 Å². The molecule has 0 aliphatic rings. The molecule has 1 aromatic heterocycles. The summed E-state index contributed by atoms with van der Waals surface area (Å²) in [6.07, 6.45) is -3.74. The Morgan fingerprint density at radius 2 is 1.94 bits per heavy atom. The molecule has 31 heavy (non-hydrogen) atoms. The van der Waals surface area contributed by atoms with Crippen molar-refractivity contribution in [2.45, 2.75) is 6.18 Å². The highest BCUT2D eigenvalue weighted by Crippen LogP contribution is 2.33. The van der Waals surface area contributed by atoms with Gasteiger partial charge in [-0.05, 0) is 53.2 Å². The Hall–Kier alpha value is -3.73. The summed E-state index contributed by atoms with van der Waals surface area (Å²) in [5, 5.41) is 6.82. The number of carbonyl (C=O) groups is 1. The smallest absolute Gasteiger partial charge is 0.435 e. The van der Waals surface area contributed by atoms with Gasteiger partial charge in [0.15, 0.2) is 11.4 Å². The lowest BCUT2D eigenvalue weighted by Crippen LogP contribution is -2.22. The van der Waals surface area contributed by atoms with E-state index in [1.54, 1.807) is 0 Å². The van der Waals surface area contributed by atoms with Crippen LogP contribution < -0.4 is 10.2 Å². The lowest BCUT2D eigenvalue weighted by Gasteiger charge is -2.05. The number of hydrazone groups is 1. The molecule has 0 radical (unpaired) electrons. The molecular formula is C19H13ClF3N5O3. The average Bonchev–Trinajstić information content (AvgIpc) is 3.20. The average molecular weight is 452 g/mol. The number of hydrogen-bond donors (Lipinski definition) is 2. The molecule has 0 fully saturated rings. The standard InChI is InChI=1S/C19H13ClF3N5O3/c1-31-14-7-2-10(8-13(14)28-30)9-24-27-18(29)15-16(19(21,22)23)26-17(25-15)11-3-5-12(20)6-4-11/h2-9H,1H3,(H,25,26)(H,27,29)/b24-9+. The first kappa shape index (κ1) is 22.0. The second kappa shape index (κ2) is 8.96. The van der Waals surface area contributed by atoms with Gasteiger partial charge in [-0.2, -0.15) is 18.3 Å². The minimum atomic E-state index is -4.88. The van der Waals surface area contributed by atoms with Gasteiger partial charge >= 0.3 is 6.18 Å². The minimum absolute atomic E-state index is 0.00157. The van der Waals surface area contributed by atoms with Crippen LogP contribution in [0.25, 0.3) is 11.4 Å². The quantitative estimate of drug-likeness (QED) is 0.315. The van der Waals surface area contributed by atoms with Gasteiger partial charge in [0.1, 0.15) is 17.3 Å². The van der Waals surface area contributed by atoms with Gasteiger partial charge in [0.25, 0.3) is 5.91 Å². The molecule has 2 aromatic carbocycles. The Morgan fingerprint density at radius 3 is 2.55 bits per heavy atom. The fourth-order valence-corrected chi connectivity index (χ4v) is 2.69. The maximum absolute atomic E-state index is 13.4. The van der Waals surface area contributed by atoms with Crippen molar-refractivity contribution in [1.82, 2.24) is 15.4 Å². The molecule has 0 atom stereocenters. The van der Waals surface area contributed by atoms with E-state index < -0.39 is 23.5 Å². The van der Waals surface area contributed by atoms with Crippen molar-refractivity contribution in [2.75, 3.05) is 7.11 Å². The molecule has 1 heterocycles. The van der Waals surface area contributed by atoms with Gasteiger partial charge in [-0.25, -0.2) is 10.4 Å². The number of carbonyl (C=O) groups excluding carboxylic acids is 1. The second-order valence-electron chi connectivity index (χ2n) is 6.04. The maximum Gasteiger partial charge on any atom is 0.435 e. The van der Waals surface area contributed by atoms with Crippen molar-refractivity contribution < 1.29 is 22.7 Å². The molecule has 160 valence electrons. The van der Waals surface area contributed by atoms with Crippen molar-refractivity contribution in [3.05, 3.63) is 69.3 Å². The number of halogens is 4. The van der Waals surface area contributed by atoms with Crippen LogP contribution >= 0.6 is 11.6 Å². The predicted octanol–water partition coefficient (Wildman–Crippen LogP) is 4.92.